The highest BCUT2D eigenvalue weighted by Gasteiger charge is 2.30. The van der Waals surface area contributed by atoms with Crippen LogP contribution < -0.4 is 10.2 Å². The third-order valence-corrected chi connectivity index (χ3v) is 5.12. The van der Waals surface area contributed by atoms with Crippen LogP contribution in [0.3, 0.4) is 0 Å². The van der Waals surface area contributed by atoms with Gasteiger partial charge in [-0.1, -0.05) is 6.07 Å². The third-order valence-electron chi connectivity index (χ3n) is 4.27. The molecule has 2 amide bonds. The van der Waals surface area contributed by atoms with Gasteiger partial charge in [-0.15, -0.1) is 11.3 Å². The third kappa shape index (κ3) is 5.62. The topological polar surface area (TPSA) is 86.1 Å². The van der Waals surface area contributed by atoms with E-state index in [4.69, 9.17) is 0 Å². The van der Waals surface area contributed by atoms with Gasteiger partial charge < -0.3 is 5.32 Å². The summed E-state index contributed by atoms with van der Waals surface area (Å²) in [5.41, 5.74) is -1.81. The van der Waals surface area contributed by atoms with Gasteiger partial charge >= 0.3 is 6.18 Å². The number of hydrogen-bond donors (Lipinski definition) is 1. The van der Waals surface area contributed by atoms with Crippen molar-refractivity contribution in [3.8, 4) is 6.07 Å². The van der Waals surface area contributed by atoms with E-state index in [-0.39, 0.29) is 22.2 Å². The van der Waals surface area contributed by atoms with Gasteiger partial charge in [-0.2, -0.15) is 18.4 Å². The number of rotatable bonds is 5. The maximum Gasteiger partial charge on any atom is 0.416 e. The quantitative estimate of drug-likeness (QED) is 0.283. The predicted molar refractivity (Wildman–Crippen MR) is 115 cm³/mol. The number of halogens is 5. The Balaban J connectivity index is 1.86. The molecule has 0 fully saturated rings. The van der Waals surface area contributed by atoms with E-state index in [1.165, 1.54) is 11.4 Å². The molecule has 3 rings (SSSR count). The molecule has 34 heavy (non-hydrogen) atoms. The summed E-state index contributed by atoms with van der Waals surface area (Å²) < 4.78 is 66.0. The first kappa shape index (κ1) is 24.5. The molecule has 0 atom stereocenters. The maximum absolute atomic E-state index is 14.2. The zero-order chi connectivity index (χ0) is 25.0. The zero-order valence-corrected chi connectivity index (χ0v) is 18.0. The van der Waals surface area contributed by atoms with E-state index in [0.717, 1.165) is 59.6 Å². The lowest BCUT2D eigenvalue weighted by molar-refractivity contribution is -0.137. The molecule has 0 bridgehead atoms. The first-order valence-electron chi connectivity index (χ1n) is 9.31. The van der Waals surface area contributed by atoms with Gasteiger partial charge in [-0.25, -0.2) is 13.8 Å². The van der Waals surface area contributed by atoms with Gasteiger partial charge in [0.2, 0.25) is 5.91 Å². The Bertz CT molecular complexity index is 1330. The average Bonchev–Trinajstić information content (AvgIpc) is 3.21. The molecule has 0 aliphatic carbocycles. The summed E-state index contributed by atoms with van der Waals surface area (Å²) in [6.45, 7) is 1.14. The number of aromatic nitrogens is 1. The van der Waals surface area contributed by atoms with Gasteiger partial charge in [-0.05, 0) is 36.4 Å². The van der Waals surface area contributed by atoms with E-state index in [2.05, 4.69) is 10.3 Å². The Labute approximate surface area is 193 Å². The monoisotopic (exact) mass is 492 g/mol. The van der Waals surface area contributed by atoms with Crippen molar-refractivity contribution >= 4 is 45.7 Å². The number of hydrogen-bond acceptors (Lipinski definition) is 5. The minimum atomic E-state index is -4.61. The number of anilines is 3. The number of thiazole rings is 1. The van der Waals surface area contributed by atoms with Crippen molar-refractivity contribution in [1.29, 1.82) is 5.26 Å². The molecule has 3 aromatic rings. The first-order chi connectivity index (χ1) is 16.0. The van der Waals surface area contributed by atoms with Gasteiger partial charge in [0.05, 0.1) is 16.9 Å². The van der Waals surface area contributed by atoms with Crippen LogP contribution in [0.2, 0.25) is 0 Å². The molecule has 0 aliphatic heterocycles. The summed E-state index contributed by atoms with van der Waals surface area (Å²) in [5, 5.41) is 12.9. The Morgan fingerprint density at radius 1 is 1.18 bits per heavy atom. The van der Waals surface area contributed by atoms with Crippen LogP contribution in [0, 0.1) is 23.0 Å². The highest BCUT2D eigenvalue weighted by molar-refractivity contribution is 7.14. The number of nitrogens with one attached hydrogen (secondary N) is 1. The van der Waals surface area contributed by atoms with Gasteiger partial charge in [0.1, 0.15) is 23.3 Å². The average molecular weight is 492 g/mol. The summed E-state index contributed by atoms with van der Waals surface area (Å²) >= 11 is 0.889. The largest absolute Gasteiger partial charge is 0.416 e. The minimum Gasteiger partial charge on any atom is -0.321 e. The van der Waals surface area contributed by atoms with E-state index in [1.54, 1.807) is 6.07 Å². The second kappa shape index (κ2) is 9.80. The molecule has 174 valence electrons. The molecule has 0 spiro atoms. The Morgan fingerprint density at radius 3 is 2.53 bits per heavy atom. The van der Waals surface area contributed by atoms with Gasteiger partial charge in [0.15, 0.2) is 5.13 Å². The van der Waals surface area contributed by atoms with Crippen LogP contribution in [0.25, 0.3) is 6.08 Å². The van der Waals surface area contributed by atoms with Gasteiger partial charge in [0.25, 0.3) is 5.91 Å². The van der Waals surface area contributed by atoms with Crippen molar-refractivity contribution in [2.75, 3.05) is 10.2 Å². The molecule has 12 heteroatoms. The molecular formula is C22H13F5N4O2S. The highest BCUT2D eigenvalue weighted by atomic mass is 32.1. The fourth-order valence-corrected chi connectivity index (χ4v) is 3.62. The van der Waals surface area contributed by atoms with Crippen molar-refractivity contribution in [3.63, 3.8) is 0 Å². The van der Waals surface area contributed by atoms with Crippen LogP contribution in [-0.4, -0.2) is 16.8 Å². The molecule has 0 unspecified atom stereocenters. The number of carbonyl (C=O) groups excluding carboxylic acids is 2. The van der Waals surface area contributed by atoms with Crippen LogP contribution in [0.5, 0.6) is 0 Å². The van der Waals surface area contributed by atoms with Crippen molar-refractivity contribution in [3.05, 3.63) is 76.3 Å². The summed E-state index contributed by atoms with van der Waals surface area (Å²) in [6, 6.07) is 8.14. The standard InChI is InChI=1S/C22H13F5N4O2S/c1-12(32)31(19-6-5-15(23)9-18(19)24)21-30-17(11-34-21)7-13(10-28)20(33)29-16-4-2-3-14(8-16)22(25,26)27/h2-9,11H,1H3,(H,29,33)/b13-7+. The number of nitriles is 1. The van der Waals surface area contributed by atoms with E-state index >= 15 is 0 Å². The summed E-state index contributed by atoms with van der Waals surface area (Å²) in [7, 11) is 0. The fourth-order valence-electron chi connectivity index (χ4n) is 2.78. The molecule has 1 aromatic heterocycles. The molecule has 0 saturated carbocycles. The van der Waals surface area contributed by atoms with Crippen LogP contribution in [0.4, 0.5) is 38.5 Å². The molecule has 6 nitrogen and oxygen atoms in total. The smallest absolute Gasteiger partial charge is 0.321 e. The zero-order valence-electron chi connectivity index (χ0n) is 17.2. The van der Waals surface area contributed by atoms with Gasteiger partial charge in [0, 0.05) is 24.1 Å². The molecule has 0 saturated heterocycles. The lowest BCUT2D eigenvalue weighted by Crippen LogP contribution is -2.23. The van der Waals surface area contributed by atoms with Crippen LogP contribution >= 0.6 is 11.3 Å². The molecule has 0 aliphatic rings. The number of amides is 2. The van der Waals surface area contributed by atoms with Crippen LogP contribution in [-0.2, 0) is 15.8 Å². The van der Waals surface area contributed by atoms with Crippen molar-refractivity contribution in [1.82, 2.24) is 4.98 Å². The van der Waals surface area contributed by atoms with Crippen molar-refractivity contribution < 1.29 is 31.5 Å². The van der Waals surface area contributed by atoms with E-state index in [0.29, 0.717) is 6.07 Å². The van der Waals surface area contributed by atoms with E-state index in [1.807, 2.05) is 0 Å². The lowest BCUT2D eigenvalue weighted by Gasteiger charge is -2.18. The van der Waals surface area contributed by atoms with E-state index < -0.39 is 40.8 Å². The second-order valence-corrected chi connectivity index (χ2v) is 7.54. The maximum atomic E-state index is 14.2. The minimum absolute atomic E-state index is 0.0140. The molecule has 1 N–H and O–H groups in total. The predicted octanol–water partition coefficient (Wildman–Crippen LogP) is 5.67. The molecule has 0 radical (unpaired) electrons. The van der Waals surface area contributed by atoms with Crippen molar-refractivity contribution in [2.24, 2.45) is 0 Å². The number of alkyl halides is 3. The second-order valence-electron chi connectivity index (χ2n) is 6.71. The lowest BCUT2D eigenvalue weighted by atomic mass is 10.1. The molecule has 1 heterocycles. The van der Waals surface area contributed by atoms with Crippen LogP contribution in [0.15, 0.2) is 53.4 Å². The number of benzene rings is 2. The summed E-state index contributed by atoms with van der Waals surface area (Å²) in [6.07, 6.45) is -3.56. The number of nitrogens with zero attached hydrogens (tertiary/aromatic N) is 3. The summed E-state index contributed by atoms with van der Waals surface area (Å²) in [4.78, 5) is 29.5. The SMILES string of the molecule is CC(=O)N(c1nc(/C=C(\C#N)C(=O)Nc2cccc(C(F)(F)F)c2)cs1)c1ccc(F)cc1F. The van der Waals surface area contributed by atoms with Crippen molar-refractivity contribution in [2.45, 2.75) is 13.1 Å². The van der Waals surface area contributed by atoms with E-state index in [9.17, 15) is 36.8 Å². The Morgan fingerprint density at radius 2 is 1.91 bits per heavy atom. The number of carbonyl (C=O) groups is 2. The normalized spacial score (nSPS) is 11.6. The molecular weight excluding hydrogens is 479 g/mol. The highest BCUT2D eigenvalue weighted by Crippen LogP contribution is 2.32. The first-order valence-corrected chi connectivity index (χ1v) is 10.2. The summed E-state index contributed by atoms with van der Waals surface area (Å²) in [5.74, 6) is -3.44. The fraction of sp³-hybridized carbons (Fsp3) is 0.0909. The Hall–Kier alpha value is -4.11. The Kier molecular flexibility index (Phi) is 7.07. The molecule has 2 aromatic carbocycles. The van der Waals surface area contributed by atoms with Gasteiger partial charge in [-0.3, -0.25) is 14.5 Å². The van der Waals surface area contributed by atoms with Crippen LogP contribution in [0.1, 0.15) is 18.2 Å².